The van der Waals surface area contributed by atoms with Gasteiger partial charge in [-0.15, -0.1) is 0 Å². The minimum Gasteiger partial charge on any atom is -0.465 e. The largest absolute Gasteiger partial charge is 0.465 e. The van der Waals surface area contributed by atoms with Gasteiger partial charge < -0.3 is 9.47 Å². The number of carbonyl (C=O) groups is 2. The number of hydrogen-bond donors (Lipinski definition) is 0. The molecule has 0 aliphatic rings. The predicted molar refractivity (Wildman–Crippen MR) is 107 cm³/mol. The van der Waals surface area contributed by atoms with Gasteiger partial charge in [0.25, 0.3) is 11.4 Å². The van der Waals surface area contributed by atoms with Gasteiger partial charge in [-0.3, -0.25) is 20.2 Å². The van der Waals surface area contributed by atoms with E-state index in [4.69, 9.17) is 0 Å². The number of halogens is 1. The zero-order valence-electron chi connectivity index (χ0n) is 15.3. The van der Waals surface area contributed by atoms with E-state index in [1.807, 2.05) is 0 Å². The molecule has 10 nitrogen and oxygen atoms in total. The molecule has 0 unspecified atom stereocenters. The number of esters is 2. The third-order valence-electron chi connectivity index (χ3n) is 3.42. The van der Waals surface area contributed by atoms with Crippen LogP contribution < -0.4 is 0 Å². The van der Waals surface area contributed by atoms with E-state index in [0.717, 1.165) is 0 Å². The Morgan fingerprint density at radius 1 is 0.931 bits per heavy atom. The number of hydrogen-bond acceptors (Lipinski definition) is 8. The summed E-state index contributed by atoms with van der Waals surface area (Å²) in [7, 11) is 2.35. The first-order valence-corrected chi connectivity index (χ1v) is 8.47. The van der Waals surface area contributed by atoms with Crippen molar-refractivity contribution in [3.63, 3.8) is 0 Å². The Balaban J connectivity index is 0.000000291. The molecule has 0 amide bonds. The number of methoxy groups -OCH3 is 2. The van der Waals surface area contributed by atoms with Crippen molar-refractivity contribution in [1.29, 1.82) is 0 Å². The third-order valence-corrected chi connectivity index (χ3v) is 3.91. The summed E-state index contributed by atoms with van der Waals surface area (Å²) in [6.07, 6.45) is 1.47. The number of carbonyl (C=O) groups excluding carboxylic acids is 2. The lowest BCUT2D eigenvalue weighted by molar-refractivity contribution is -0.385. The van der Waals surface area contributed by atoms with E-state index < -0.39 is 21.8 Å². The van der Waals surface area contributed by atoms with Crippen LogP contribution >= 0.6 is 15.9 Å². The van der Waals surface area contributed by atoms with Gasteiger partial charge in [-0.1, -0.05) is 34.7 Å². The SMILES string of the molecule is C=Cc1ccc(C(=O)OC)c([N+](=O)[O-])c1.COC(=O)c1ccc(Br)cc1[N+](=O)[O-]. The fraction of sp³-hybridized carbons (Fsp3) is 0.111. The Kier molecular flexibility index (Phi) is 8.62. The summed E-state index contributed by atoms with van der Waals surface area (Å²) in [5.41, 5.74) is -0.0892. The van der Waals surface area contributed by atoms with Crippen molar-refractivity contribution < 1.29 is 28.9 Å². The highest BCUT2D eigenvalue weighted by Crippen LogP contribution is 2.24. The van der Waals surface area contributed by atoms with E-state index in [2.05, 4.69) is 32.0 Å². The third kappa shape index (κ3) is 6.21. The Morgan fingerprint density at radius 2 is 1.38 bits per heavy atom. The molecule has 0 aromatic heterocycles. The highest BCUT2D eigenvalue weighted by atomic mass is 79.9. The van der Waals surface area contributed by atoms with Gasteiger partial charge in [0.15, 0.2) is 0 Å². The lowest BCUT2D eigenvalue weighted by Gasteiger charge is -2.01. The fourth-order valence-corrected chi connectivity index (χ4v) is 2.40. The normalized spacial score (nSPS) is 9.48. The molecule has 0 radical (unpaired) electrons. The van der Waals surface area contributed by atoms with Crippen molar-refractivity contribution in [1.82, 2.24) is 0 Å². The summed E-state index contributed by atoms with van der Waals surface area (Å²) in [4.78, 5) is 42.3. The predicted octanol–water partition coefficient (Wildman–Crippen LogP) is 4.17. The Labute approximate surface area is 173 Å². The van der Waals surface area contributed by atoms with Crippen LogP contribution in [0.25, 0.3) is 6.08 Å². The van der Waals surface area contributed by atoms with E-state index >= 15 is 0 Å². The first-order valence-electron chi connectivity index (χ1n) is 7.67. The number of nitro benzene ring substituents is 2. The molecular weight excluding hydrogens is 452 g/mol. The number of rotatable bonds is 5. The molecule has 2 aromatic carbocycles. The van der Waals surface area contributed by atoms with Gasteiger partial charge >= 0.3 is 11.9 Å². The lowest BCUT2D eigenvalue weighted by atomic mass is 10.1. The molecule has 0 saturated carbocycles. The van der Waals surface area contributed by atoms with E-state index in [1.165, 1.54) is 44.6 Å². The molecule has 152 valence electrons. The summed E-state index contributed by atoms with van der Waals surface area (Å²) < 4.78 is 9.38. The molecule has 0 aliphatic carbocycles. The average Bonchev–Trinajstić information content (AvgIpc) is 2.72. The van der Waals surface area contributed by atoms with Crippen molar-refractivity contribution >= 4 is 45.3 Å². The monoisotopic (exact) mass is 466 g/mol. The van der Waals surface area contributed by atoms with Gasteiger partial charge in [0.1, 0.15) is 11.1 Å². The lowest BCUT2D eigenvalue weighted by Crippen LogP contribution is -2.05. The summed E-state index contributed by atoms with van der Waals surface area (Å²) in [5, 5.41) is 21.2. The smallest absolute Gasteiger partial charge is 0.344 e. The number of benzene rings is 2. The minimum atomic E-state index is -0.725. The highest BCUT2D eigenvalue weighted by Gasteiger charge is 2.21. The van der Waals surface area contributed by atoms with Crippen LogP contribution in [-0.4, -0.2) is 36.0 Å². The van der Waals surface area contributed by atoms with E-state index in [1.54, 1.807) is 12.1 Å². The van der Waals surface area contributed by atoms with Crippen molar-refractivity contribution in [2.24, 2.45) is 0 Å². The second-order valence-electron chi connectivity index (χ2n) is 5.14. The maximum Gasteiger partial charge on any atom is 0.344 e. The maximum atomic E-state index is 11.2. The summed E-state index contributed by atoms with van der Waals surface area (Å²) in [6, 6.07) is 8.33. The minimum absolute atomic E-state index is 0.0549. The highest BCUT2D eigenvalue weighted by molar-refractivity contribution is 9.10. The van der Waals surface area contributed by atoms with Crippen LogP contribution in [0, 0.1) is 20.2 Å². The quantitative estimate of drug-likeness (QED) is 0.363. The van der Waals surface area contributed by atoms with Gasteiger partial charge in [-0.05, 0) is 23.8 Å². The van der Waals surface area contributed by atoms with Crippen LogP contribution in [-0.2, 0) is 9.47 Å². The van der Waals surface area contributed by atoms with E-state index in [0.29, 0.717) is 10.0 Å². The summed E-state index contributed by atoms with van der Waals surface area (Å²) in [5.74, 6) is -1.44. The number of nitrogens with zero attached hydrogens (tertiary/aromatic N) is 2. The topological polar surface area (TPSA) is 139 Å². The van der Waals surface area contributed by atoms with Gasteiger partial charge in [0.05, 0.1) is 24.1 Å². The number of ether oxygens (including phenoxy) is 2. The molecule has 0 heterocycles. The molecule has 11 heteroatoms. The molecule has 0 bridgehead atoms. The molecule has 0 fully saturated rings. The van der Waals surface area contributed by atoms with Gasteiger partial charge in [-0.2, -0.15) is 0 Å². The van der Waals surface area contributed by atoms with Crippen molar-refractivity contribution in [2.75, 3.05) is 14.2 Å². The molecule has 0 saturated heterocycles. The zero-order chi connectivity index (χ0) is 22.1. The van der Waals surface area contributed by atoms with Gasteiger partial charge in [0.2, 0.25) is 0 Å². The van der Waals surface area contributed by atoms with Crippen LogP contribution in [0.15, 0.2) is 47.4 Å². The van der Waals surface area contributed by atoms with Crippen LogP contribution in [0.2, 0.25) is 0 Å². The van der Waals surface area contributed by atoms with Gasteiger partial charge in [-0.25, -0.2) is 9.59 Å². The molecule has 2 aromatic rings. The molecular formula is C18H15BrN2O8. The molecule has 0 atom stereocenters. The zero-order valence-corrected chi connectivity index (χ0v) is 16.9. The van der Waals surface area contributed by atoms with Crippen LogP contribution in [0.3, 0.4) is 0 Å². The van der Waals surface area contributed by atoms with E-state index in [-0.39, 0.29) is 22.5 Å². The summed E-state index contributed by atoms with van der Waals surface area (Å²) >= 11 is 3.08. The number of nitro groups is 2. The van der Waals surface area contributed by atoms with Crippen molar-refractivity contribution in [3.05, 3.63) is 84.4 Å². The van der Waals surface area contributed by atoms with E-state index in [9.17, 15) is 29.8 Å². The molecule has 29 heavy (non-hydrogen) atoms. The molecule has 0 aliphatic heterocycles. The van der Waals surface area contributed by atoms with Crippen molar-refractivity contribution in [2.45, 2.75) is 0 Å². The summed E-state index contributed by atoms with van der Waals surface area (Å²) in [6.45, 7) is 3.49. The Morgan fingerprint density at radius 3 is 1.79 bits per heavy atom. The maximum absolute atomic E-state index is 11.2. The second kappa shape index (κ2) is 10.7. The van der Waals surface area contributed by atoms with Crippen molar-refractivity contribution in [3.8, 4) is 0 Å². The first-order chi connectivity index (χ1) is 13.7. The fourth-order valence-electron chi connectivity index (χ4n) is 2.05. The second-order valence-corrected chi connectivity index (χ2v) is 6.06. The van der Waals surface area contributed by atoms with Crippen LogP contribution in [0.1, 0.15) is 26.3 Å². The Bertz CT molecular complexity index is 974. The standard InChI is InChI=1S/C10H9NO4.C8H6BrNO4/c1-3-7-4-5-8(10(12)15-2)9(6-7)11(13)14;1-14-8(11)6-3-2-5(9)4-7(6)10(12)13/h3-6H,1H2,2H3;2-4H,1H3. The molecule has 0 N–H and O–H groups in total. The average molecular weight is 467 g/mol. The van der Waals surface area contributed by atoms with Crippen LogP contribution in [0.5, 0.6) is 0 Å². The van der Waals surface area contributed by atoms with Crippen LogP contribution in [0.4, 0.5) is 11.4 Å². The molecule has 2 rings (SSSR count). The molecule has 0 spiro atoms. The van der Waals surface area contributed by atoms with Gasteiger partial charge in [0, 0.05) is 16.6 Å². The first kappa shape index (κ1) is 23.4. The Hall–Kier alpha value is -3.60.